The molecule has 2 saturated carbocycles. The third-order valence-corrected chi connectivity index (χ3v) is 23.7. The fourth-order valence-corrected chi connectivity index (χ4v) is 17.3. The molecule has 6 aromatic carbocycles. The Balaban J connectivity index is 0.000000211. The molecule has 0 radical (unpaired) electrons. The van der Waals surface area contributed by atoms with Gasteiger partial charge in [-0.2, -0.15) is 0 Å². The van der Waals surface area contributed by atoms with Crippen molar-refractivity contribution >= 4 is 221 Å². The fraction of sp³-hybridized carbons (Fsp3) is 0.301. The normalized spacial score (nSPS) is 19.4. The number of nitrogens with zero attached hydrogens (tertiary/aromatic N) is 11. The van der Waals surface area contributed by atoms with Crippen LogP contribution in [0.15, 0.2) is 157 Å². The maximum atomic E-state index is 14.9. The molecule has 0 bridgehead atoms. The summed E-state index contributed by atoms with van der Waals surface area (Å²) in [6.07, 6.45) is 12.3. The van der Waals surface area contributed by atoms with E-state index >= 15 is 0 Å². The highest BCUT2D eigenvalue weighted by molar-refractivity contribution is 9.11. The van der Waals surface area contributed by atoms with Crippen LogP contribution >= 0.6 is 119 Å². The van der Waals surface area contributed by atoms with Crippen LogP contribution in [0.1, 0.15) is 133 Å². The number of aryl methyl sites for hydroxylation is 1. The van der Waals surface area contributed by atoms with Gasteiger partial charge in [-0.3, -0.25) is 39.9 Å². The molecule has 16 rings (SSSR count). The van der Waals surface area contributed by atoms with E-state index in [1.54, 1.807) is 12.1 Å². The highest BCUT2D eigenvalue weighted by Gasteiger charge is 2.61. The zero-order valence-electron chi connectivity index (χ0n) is 65.0. The van der Waals surface area contributed by atoms with Crippen molar-refractivity contribution < 1.29 is 69.6 Å². The van der Waals surface area contributed by atoms with E-state index in [0.29, 0.717) is 64.0 Å². The SMILES string of the molecule is C.C.C.C=C[C@@]1(C)C[C@@H](n2ccc3c(N)ncnc32)[C@@H]2OC(C)(C)O[C@@H]21.CC1(C)O[C@H]2[C@H](n3ccc4c(N)ncnc43)C[C@](C)(CCc3cc(F)c4cc(Cl)c(N)nc4c3)[C@H]2O1.Cc1c(F)cc(Br)cc1[N+](=O)[O-].Nc1cc(Br)cc(F)c1C=O.Nc1nc2cc(Br)cc(F)c2cc1Cl.O=Cc1c(F)cc(Br)cc1[N+](=O)[O-].O=[N+]([O-])c1cc(Br)cc(F)c1CBr. The number of alkyl halides is 1. The number of nitro benzene ring substituents is 3. The molecule has 42 heteroatoms. The van der Waals surface area contributed by atoms with Gasteiger partial charge in [-0.05, 0) is 150 Å². The Kier molecular flexibility index (Phi) is 34.5. The van der Waals surface area contributed by atoms with Crippen LogP contribution in [0.2, 0.25) is 10.0 Å². The van der Waals surface area contributed by atoms with Crippen LogP contribution in [-0.2, 0) is 30.7 Å². The number of halogens is 14. The van der Waals surface area contributed by atoms with E-state index in [0.717, 1.165) is 59.0 Å². The molecule has 2 aliphatic heterocycles. The molecular formula is C83H84Br6Cl2F6N16O12. The van der Waals surface area contributed by atoms with Gasteiger partial charge in [0.2, 0.25) is 0 Å². The van der Waals surface area contributed by atoms with Gasteiger partial charge in [0.25, 0.3) is 17.1 Å². The lowest BCUT2D eigenvalue weighted by atomic mass is 9.80. The van der Waals surface area contributed by atoms with Gasteiger partial charge in [-0.25, -0.2) is 56.2 Å². The molecule has 0 unspecified atom stereocenters. The molecule has 10 N–H and O–H groups in total. The number of aromatic nitrogens is 8. The van der Waals surface area contributed by atoms with Crippen LogP contribution in [0, 0.1) is 83.0 Å². The van der Waals surface area contributed by atoms with E-state index in [9.17, 15) is 66.3 Å². The lowest BCUT2D eigenvalue weighted by molar-refractivity contribution is -0.385. The van der Waals surface area contributed by atoms with Gasteiger partial charge in [0.1, 0.15) is 99.9 Å². The number of ether oxygens (including phenoxy) is 4. The number of nitro groups is 3. The zero-order valence-corrected chi connectivity index (χ0v) is 76.0. The number of carbonyl (C=O) groups is 2. The van der Waals surface area contributed by atoms with Crippen LogP contribution in [0.25, 0.3) is 43.9 Å². The molecule has 4 fully saturated rings. The molecule has 666 valence electrons. The number of hydrogen-bond donors (Lipinski definition) is 5. The largest absolute Gasteiger partial charge is 0.398 e. The fourth-order valence-electron chi connectivity index (χ4n) is 14.4. The zero-order chi connectivity index (χ0) is 89.9. The summed E-state index contributed by atoms with van der Waals surface area (Å²) in [5, 5.41) is 34.2. The highest BCUT2D eigenvalue weighted by Crippen LogP contribution is 2.57. The first-order valence-electron chi connectivity index (χ1n) is 36.1. The minimum atomic E-state index is -0.906. The second kappa shape index (κ2) is 42.0. The Morgan fingerprint density at radius 1 is 0.520 bits per heavy atom. The van der Waals surface area contributed by atoms with Gasteiger partial charge in [0.15, 0.2) is 24.1 Å². The van der Waals surface area contributed by atoms with Gasteiger partial charge < -0.3 is 56.7 Å². The van der Waals surface area contributed by atoms with Crippen molar-refractivity contribution in [2.45, 2.75) is 150 Å². The number of fused-ring (bicyclic) bond motifs is 6. The topological polar surface area (TPSA) is 418 Å². The summed E-state index contributed by atoms with van der Waals surface area (Å²) in [7, 11) is 0. The first kappa shape index (κ1) is 103. The second-order valence-electron chi connectivity index (χ2n) is 29.5. The summed E-state index contributed by atoms with van der Waals surface area (Å²) in [5.41, 5.74) is 30.5. The molecule has 125 heavy (non-hydrogen) atoms. The van der Waals surface area contributed by atoms with Crippen molar-refractivity contribution in [3.63, 3.8) is 0 Å². The van der Waals surface area contributed by atoms with E-state index < -0.39 is 60.9 Å². The second-order valence-corrected chi connectivity index (χ2v) is 35.4. The number of nitrogen functional groups attached to an aromatic ring is 5. The maximum absolute atomic E-state index is 14.9. The van der Waals surface area contributed by atoms with Crippen LogP contribution in [0.4, 0.5) is 72.4 Å². The van der Waals surface area contributed by atoms with Gasteiger partial charge in [0.05, 0.1) is 87.6 Å². The van der Waals surface area contributed by atoms with Crippen LogP contribution in [0.3, 0.4) is 0 Å². The summed E-state index contributed by atoms with van der Waals surface area (Å²) in [5.74, 6) is -3.35. The van der Waals surface area contributed by atoms with Crippen molar-refractivity contribution in [1.29, 1.82) is 0 Å². The molecule has 8 atom stereocenters. The van der Waals surface area contributed by atoms with E-state index in [1.807, 2.05) is 64.4 Å². The number of carbonyl (C=O) groups excluding carboxylic acids is 2. The van der Waals surface area contributed by atoms with Crippen molar-refractivity contribution in [3.05, 3.63) is 260 Å². The number of anilines is 5. The molecule has 0 spiro atoms. The average molecular weight is 2160 g/mol. The molecule has 2 aliphatic carbocycles. The van der Waals surface area contributed by atoms with Gasteiger partial charge in [-0.1, -0.05) is 161 Å². The van der Waals surface area contributed by atoms with Gasteiger partial charge in [0, 0.05) is 80.2 Å². The lowest BCUT2D eigenvalue weighted by Gasteiger charge is -2.32. The van der Waals surface area contributed by atoms with Crippen LogP contribution < -0.4 is 28.7 Å². The number of hydrogen-bond acceptors (Lipinski definition) is 23. The van der Waals surface area contributed by atoms with E-state index in [4.69, 9.17) is 70.8 Å². The number of pyridine rings is 2. The Hall–Kier alpha value is -9.46. The van der Waals surface area contributed by atoms with Crippen molar-refractivity contribution in [1.82, 2.24) is 39.0 Å². The van der Waals surface area contributed by atoms with Crippen molar-refractivity contribution in [2.24, 2.45) is 10.8 Å². The van der Waals surface area contributed by atoms with Gasteiger partial charge in [-0.15, -0.1) is 6.58 Å². The van der Waals surface area contributed by atoms with E-state index in [1.165, 1.54) is 74.2 Å². The number of rotatable bonds is 12. The summed E-state index contributed by atoms with van der Waals surface area (Å²) < 4.78 is 112. The number of benzene rings is 6. The minimum Gasteiger partial charge on any atom is -0.398 e. The predicted molar refractivity (Wildman–Crippen MR) is 493 cm³/mol. The first-order chi connectivity index (χ1) is 57.2. The summed E-state index contributed by atoms with van der Waals surface area (Å²) in [6, 6.07) is 23.2. The molecule has 2 saturated heterocycles. The number of nitrogens with two attached hydrogens (primary N) is 5. The molecule has 6 aromatic heterocycles. The van der Waals surface area contributed by atoms with Crippen molar-refractivity contribution in [2.75, 3.05) is 28.7 Å². The van der Waals surface area contributed by atoms with Crippen LogP contribution in [-0.4, -0.2) is 102 Å². The smallest absolute Gasteiger partial charge is 0.283 e. The Morgan fingerprint density at radius 2 is 0.936 bits per heavy atom. The molecule has 28 nitrogen and oxygen atoms in total. The minimum absolute atomic E-state index is 0. The predicted octanol–water partition coefficient (Wildman–Crippen LogP) is 23.5. The standard InChI is InChI=1S/C26H28ClFN6O2.C17H22N4O2.C9H5BrClFN2.C7H4Br2FNO2.C7H3BrFNO3.C7H5BrFNO2.C7H5BrFNO.3CH4/c1-25(2)35-20-19(34-7-5-14-22(29)31-12-32-24(14)34)11-26(3,21(20)36-25)6-4-13-8-17(28)15-10-16(27)23(30)33-18(15)9-13;1-5-17(4)8-11(12-13(17)23-16(2,3)22-12)21-7-6-10-14(18)19-9-20-15(10)21;10-4-1-7(12)5-3-6(11)9(13)14-8(5)2-4;8-3-5-6(10)1-4(9)2-7(5)11(12)13;8-4-1-6(9)5(3-11)7(2-4)10(12)13;1-4-6(9)2-5(8)3-7(4)10(11)12;8-4-1-6(9)5(3-11)7(10)2-4;;;/h5,7-10,12,19-21H,4,6,11H2,1-3H3,(H2,30,33)(H2,29,31,32);5-7,9,11-13H,1,8H2,2-4H3,(H2,18,19,20);1-3H,(H2,13,14);1-2H,3H2;1-3H;2-3H,1H3;1-3H,10H2;3*1H4/t19-,20+,21+,26+;11-,12+,13+,17+;;;;;;;;/m11......../s1. The van der Waals surface area contributed by atoms with Gasteiger partial charge >= 0.3 is 0 Å². The summed E-state index contributed by atoms with van der Waals surface area (Å²) >= 11 is 29.8. The van der Waals surface area contributed by atoms with E-state index in [-0.39, 0.29) is 153 Å². The lowest BCUT2D eigenvalue weighted by Crippen LogP contribution is -2.34. The number of aldehydes is 2. The summed E-state index contributed by atoms with van der Waals surface area (Å²) in [6.45, 7) is 17.6. The average Bonchev–Trinajstić information content (AvgIpc) is 1.57. The molecule has 8 heterocycles. The van der Waals surface area contributed by atoms with Crippen LogP contribution in [0.5, 0.6) is 0 Å². The Labute approximate surface area is 773 Å². The Morgan fingerprint density at radius 3 is 1.42 bits per heavy atom. The summed E-state index contributed by atoms with van der Waals surface area (Å²) in [4.78, 5) is 75.0. The monoisotopic (exact) mass is 2150 g/mol. The molecular weight excluding hydrogens is 2080 g/mol. The third-order valence-electron chi connectivity index (χ3n) is 20.3. The van der Waals surface area contributed by atoms with Crippen molar-refractivity contribution in [3.8, 4) is 0 Å². The van der Waals surface area contributed by atoms with E-state index in [2.05, 4.69) is 155 Å². The quantitative estimate of drug-likeness (QED) is 0.0144. The highest BCUT2D eigenvalue weighted by atomic mass is 79.9. The first-order valence-corrected chi connectivity index (χ1v) is 41.9. The third kappa shape index (κ3) is 23.3. The molecule has 0 amide bonds. The molecule has 12 aromatic rings. The molecule has 4 aliphatic rings. The Bertz CT molecular complexity index is 6090. The maximum Gasteiger partial charge on any atom is 0.283 e.